The molecule has 0 spiro atoms. The minimum Gasteiger partial charge on any atom is -0.458 e. The second-order valence-electron chi connectivity index (χ2n) is 5.72. The van der Waals surface area contributed by atoms with Crippen molar-refractivity contribution in [3.8, 4) is 0 Å². The van der Waals surface area contributed by atoms with Crippen LogP contribution in [-0.2, 0) is 19.1 Å². The molecule has 136 valence electrons. The van der Waals surface area contributed by atoms with E-state index in [0.29, 0.717) is 5.57 Å². The van der Waals surface area contributed by atoms with Gasteiger partial charge in [-0.25, -0.2) is 0 Å². The van der Waals surface area contributed by atoms with Gasteiger partial charge in [-0.2, -0.15) is 0 Å². The number of hydrogen-bond donors (Lipinski definition) is 0. The lowest BCUT2D eigenvalue weighted by Gasteiger charge is -2.26. The number of carbonyl (C=O) groups is 2. The standard InChI is InChI=1S/C14H22N2O8/c1-10(8-15(19)20)7-13(23-11(2)17)5-6-14(4,9-16(21)22)24-12(3)18/h7,13H,5-6,8-9H2,1-4H3. The Labute approximate surface area is 139 Å². The molecule has 0 amide bonds. The summed E-state index contributed by atoms with van der Waals surface area (Å²) in [7, 11) is 0. The molecule has 0 aromatic carbocycles. The van der Waals surface area contributed by atoms with E-state index in [1.165, 1.54) is 26.8 Å². The predicted molar refractivity (Wildman–Crippen MR) is 82.4 cm³/mol. The van der Waals surface area contributed by atoms with Gasteiger partial charge in [0.05, 0.1) is 0 Å². The van der Waals surface area contributed by atoms with Crippen LogP contribution < -0.4 is 0 Å². The molecule has 0 aromatic rings. The Morgan fingerprint density at radius 3 is 2.12 bits per heavy atom. The van der Waals surface area contributed by atoms with Gasteiger partial charge in [0.15, 0.2) is 5.60 Å². The number of nitrogens with zero attached hydrogens (tertiary/aromatic N) is 2. The fraction of sp³-hybridized carbons (Fsp3) is 0.714. The molecule has 0 rings (SSSR count). The van der Waals surface area contributed by atoms with Crippen LogP contribution >= 0.6 is 0 Å². The first-order valence-electron chi connectivity index (χ1n) is 7.21. The molecule has 24 heavy (non-hydrogen) atoms. The number of nitro groups is 2. The normalized spacial score (nSPS) is 15.1. The van der Waals surface area contributed by atoms with Crippen LogP contribution in [0.1, 0.15) is 40.5 Å². The van der Waals surface area contributed by atoms with Gasteiger partial charge in [0.1, 0.15) is 6.10 Å². The summed E-state index contributed by atoms with van der Waals surface area (Å²) in [6, 6.07) is 0. The van der Waals surface area contributed by atoms with E-state index in [0.717, 1.165) is 6.92 Å². The SMILES string of the molecule is CC(=O)OC(C=C(C)C[N+](=O)[O-])CCC(C)(C[N+](=O)[O-])OC(C)=O. The van der Waals surface area contributed by atoms with Gasteiger partial charge in [0.25, 0.3) is 0 Å². The zero-order valence-electron chi connectivity index (χ0n) is 14.1. The summed E-state index contributed by atoms with van der Waals surface area (Å²) in [5.74, 6) is -1.25. The second-order valence-corrected chi connectivity index (χ2v) is 5.72. The first-order chi connectivity index (χ1) is 10.9. The highest BCUT2D eigenvalue weighted by Gasteiger charge is 2.34. The molecule has 0 saturated heterocycles. The summed E-state index contributed by atoms with van der Waals surface area (Å²) in [6.45, 7) is 4.25. The van der Waals surface area contributed by atoms with Crippen LogP contribution in [-0.4, -0.2) is 46.6 Å². The molecule has 2 atom stereocenters. The zero-order chi connectivity index (χ0) is 18.9. The van der Waals surface area contributed by atoms with Gasteiger partial charge in [-0.05, 0) is 38.3 Å². The Hall–Kier alpha value is -2.52. The van der Waals surface area contributed by atoms with E-state index in [9.17, 15) is 29.8 Å². The summed E-state index contributed by atoms with van der Waals surface area (Å²) in [5.41, 5.74) is -0.979. The third-order valence-electron chi connectivity index (χ3n) is 2.98. The maximum absolute atomic E-state index is 11.2. The topological polar surface area (TPSA) is 139 Å². The lowest BCUT2D eigenvalue weighted by atomic mass is 9.96. The molecule has 0 bridgehead atoms. The van der Waals surface area contributed by atoms with Crippen molar-refractivity contribution in [2.75, 3.05) is 13.1 Å². The van der Waals surface area contributed by atoms with Gasteiger partial charge >= 0.3 is 11.9 Å². The monoisotopic (exact) mass is 346 g/mol. The van der Waals surface area contributed by atoms with Crippen LogP contribution in [0.4, 0.5) is 0 Å². The molecular weight excluding hydrogens is 324 g/mol. The summed E-state index contributed by atoms with van der Waals surface area (Å²) >= 11 is 0. The number of ether oxygens (including phenoxy) is 2. The summed E-state index contributed by atoms with van der Waals surface area (Å²) in [6.07, 6.45) is 0.786. The van der Waals surface area contributed by atoms with Crippen LogP contribution in [0.15, 0.2) is 11.6 Å². The molecule has 0 fully saturated rings. The molecule has 2 unspecified atom stereocenters. The van der Waals surface area contributed by atoms with Gasteiger partial charge in [0, 0.05) is 23.7 Å². The molecule has 0 saturated carbocycles. The van der Waals surface area contributed by atoms with E-state index in [-0.39, 0.29) is 12.8 Å². The minimum absolute atomic E-state index is 0.0494. The van der Waals surface area contributed by atoms with Crippen LogP contribution in [0, 0.1) is 20.2 Å². The van der Waals surface area contributed by atoms with Crippen molar-refractivity contribution in [2.45, 2.75) is 52.2 Å². The molecule has 10 nitrogen and oxygen atoms in total. The van der Waals surface area contributed by atoms with Gasteiger partial charge in [-0.15, -0.1) is 0 Å². The Morgan fingerprint density at radius 2 is 1.71 bits per heavy atom. The van der Waals surface area contributed by atoms with Crippen molar-refractivity contribution in [3.05, 3.63) is 31.9 Å². The highest BCUT2D eigenvalue weighted by Crippen LogP contribution is 2.22. The van der Waals surface area contributed by atoms with Crippen LogP contribution in [0.5, 0.6) is 0 Å². The van der Waals surface area contributed by atoms with Gasteiger partial charge in [-0.1, -0.05) is 0 Å². The average molecular weight is 346 g/mol. The average Bonchev–Trinajstić information content (AvgIpc) is 2.32. The lowest BCUT2D eigenvalue weighted by Crippen LogP contribution is -2.39. The van der Waals surface area contributed by atoms with E-state index in [2.05, 4.69) is 0 Å². The fourth-order valence-electron chi connectivity index (χ4n) is 2.19. The van der Waals surface area contributed by atoms with Crippen molar-refractivity contribution >= 4 is 11.9 Å². The number of esters is 2. The Morgan fingerprint density at radius 1 is 1.12 bits per heavy atom. The van der Waals surface area contributed by atoms with Gasteiger partial charge < -0.3 is 9.47 Å². The van der Waals surface area contributed by atoms with Gasteiger partial charge in [0.2, 0.25) is 13.1 Å². The van der Waals surface area contributed by atoms with E-state index in [1.807, 2.05) is 0 Å². The van der Waals surface area contributed by atoms with E-state index in [1.54, 1.807) is 0 Å². The van der Waals surface area contributed by atoms with Gasteiger partial charge in [-0.3, -0.25) is 29.8 Å². The number of hydrogen-bond acceptors (Lipinski definition) is 8. The molecule has 0 radical (unpaired) electrons. The predicted octanol–water partition coefficient (Wildman–Crippen LogP) is 1.52. The van der Waals surface area contributed by atoms with Crippen molar-refractivity contribution in [1.29, 1.82) is 0 Å². The first kappa shape index (κ1) is 21.5. The van der Waals surface area contributed by atoms with E-state index in [4.69, 9.17) is 9.47 Å². The van der Waals surface area contributed by atoms with Crippen molar-refractivity contribution in [1.82, 2.24) is 0 Å². The third kappa shape index (κ3) is 10.2. The van der Waals surface area contributed by atoms with Crippen molar-refractivity contribution in [2.24, 2.45) is 0 Å². The second kappa shape index (κ2) is 9.58. The molecule has 0 N–H and O–H groups in total. The molecule has 0 aromatic heterocycles. The summed E-state index contributed by atoms with van der Waals surface area (Å²) in [5, 5.41) is 21.3. The molecular formula is C14H22N2O8. The number of carbonyl (C=O) groups excluding carboxylic acids is 2. The highest BCUT2D eigenvalue weighted by atomic mass is 16.6. The lowest BCUT2D eigenvalue weighted by molar-refractivity contribution is -0.499. The fourth-order valence-corrected chi connectivity index (χ4v) is 2.19. The van der Waals surface area contributed by atoms with Crippen molar-refractivity contribution in [3.63, 3.8) is 0 Å². The maximum Gasteiger partial charge on any atom is 0.303 e. The Bertz CT molecular complexity index is 513. The number of rotatable bonds is 10. The smallest absolute Gasteiger partial charge is 0.303 e. The molecule has 0 aliphatic rings. The van der Waals surface area contributed by atoms with Crippen LogP contribution in [0.25, 0.3) is 0 Å². The maximum atomic E-state index is 11.2. The molecule has 0 heterocycles. The Balaban J connectivity index is 5.10. The molecule has 0 aliphatic heterocycles. The van der Waals surface area contributed by atoms with E-state index >= 15 is 0 Å². The Kier molecular flexibility index (Phi) is 8.58. The van der Waals surface area contributed by atoms with E-state index < -0.39 is 46.6 Å². The molecule has 10 heteroatoms. The van der Waals surface area contributed by atoms with Crippen molar-refractivity contribution < 1.29 is 28.9 Å². The summed E-state index contributed by atoms with van der Waals surface area (Å²) in [4.78, 5) is 42.4. The quantitative estimate of drug-likeness (QED) is 0.251. The highest BCUT2D eigenvalue weighted by molar-refractivity contribution is 5.66. The summed E-state index contributed by atoms with van der Waals surface area (Å²) < 4.78 is 10.1. The zero-order valence-corrected chi connectivity index (χ0v) is 14.1. The van der Waals surface area contributed by atoms with Crippen LogP contribution in [0.2, 0.25) is 0 Å². The molecule has 0 aliphatic carbocycles. The largest absolute Gasteiger partial charge is 0.458 e. The van der Waals surface area contributed by atoms with Crippen LogP contribution in [0.3, 0.4) is 0 Å². The first-order valence-corrected chi connectivity index (χ1v) is 7.21. The minimum atomic E-state index is -1.36. The third-order valence-corrected chi connectivity index (χ3v) is 2.98.